The molecule has 3 heteroatoms. The van der Waals surface area contributed by atoms with Gasteiger partial charge in [0.15, 0.2) is 0 Å². The van der Waals surface area contributed by atoms with E-state index in [1.165, 1.54) is 12.8 Å². The first-order chi connectivity index (χ1) is 7.06. The Kier molecular flexibility index (Phi) is 4.58. The Morgan fingerprint density at radius 1 is 1.47 bits per heavy atom. The van der Waals surface area contributed by atoms with E-state index in [0.29, 0.717) is 18.4 Å². The van der Waals surface area contributed by atoms with Crippen molar-refractivity contribution in [1.29, 1.82) is 0 Å². The summed E-state index contributed by atoms with van der Waals surface area (Å²) in [6, 6.07) is 0.535. The Balaban J connectivity index is 2.41. The van der Waals surface area contributed by atoms with Gasteiger partial charge in [0.2, 0.25) is 5.91 Å². The second-order valence-corrected chi connectivity index (χ2v) is 4.93. The summed E-state index contributed by atoms with van der Waals surface area (Å²) in [5.41, 5.74) is 5.92. The molecule has 1 saturated carbocycles. The number of hydrogen-bond acceptors (Lipinski definition) is 2. The third-order valence-corrected chi connectivity index (χ3v) is 3.04. The summed E-state index contributed by atoms with van der Waals surface area (Å²) in [5.74, 6) is 0.636. The Hall–Kier alpha value is -0.570. The molecule has 3 nitrogen and oxygen atoms in total. The molecule has 15 heavy (non-hydrogen) atoms. The summed E-state index contributed by atoms with van der Waals surface area (Å²) in [4.78, 5) is 14.0. The highest BCUT2D eigenvalue weighted by atomic mass is 16.2. The van der Waals surface area contributed by atoms with Crippen molar-refractivity contribution in [2.24, 2.45) is 11.7 Å². The Bertz CT molecular complexity index is 212. The molecule has 1 unspecified atom stereocenters. The lowest BCUT2D eigenvalue weighted by Gasteiger charge is -2.24. The van der Waals surface area contributed by atoms with Crippen LogP contribution < -0.4 is 5.73 Å². The van der Waals surface area contributed by atoms with E-state index in [4.69, 9.17) is 5.73 Å². The minimum atomic E-state index is 0.00982. The van der Waals surface area contributed by atoms with E-state index in [9.17, 15) is 4.79 Å². The lowest BCUT2D eigenvalue weighted by molar-refractivity contribution is -0.132. The van der Waals surface area contributed by atoms with E-state index in [2.05, 4.69) is 20.8 Å². The molecular weight excluding hydrogens is 188 g/mol. The molecule has 0 aromatic rings. The van der Waals surface area contributed by atoms with E-state index in [1.54, 1.807) is 0 Å². The molecule has 0 spiro atoms. The zero-order valence-corrected chi connectivity index (χ0v) is 10.2. The largest absolute Gasteiger partial charge is 0.340 e. The van der Waals surface area contributed by atoms with Crippen LogP contribution in [0.5, 0.6) is 0 Å². The van der Waals surface area contributed by atoms with E-state index in [1.807, 2.05) is 4.90 Å². The van der Waals surface area contributed by atoms with E-state index >= 15 is 0 Å². The predicted octanol–water partition coefficient (Wildman–Crippen LogP) is 1.76. The Morgan fingerprint density at radius 2 is 2.07 bits per heavy atom. The third kappa shape index (κ3) is 3.82. The second-order valence-electron chi connectivity index (χ2n) is 4.93. The van der Waals surface area contributed by atoms with Crippen LogP contribution in [-0.4, -0.2) is 29.4 Å². The monoisotopic (exact) mass is 212 g/mol. The number of hydrogen-bond donors (Lipinski definition) is 1. The average molecular weight is 212 g/mol. The van der Waals surface area contributed by atoms with Crippen molar-refractivity contribution in [3.63, 3.8) is 0 Å². The Morgan fingerprint density at radius 3 is 2.47 bits per heavy atom. The summed E-state index contributed by atoms with van der Waals surface area (Å²) in [6.45, 7) is 7.15. The highest BCUT2D eigenvalue weighted by molar-refractivity contribution is 5.77. The number of nitrogens with zero attached hydrogens (tertiary/aromatic N) is 1. The van der Waals surface area contributed by atoms with Gasteiger partial charge in [-0.25, -0.2) is 0 Å². The van der Waals surface area contributed by atoms with Crippen LogP contribution in [0.25, 0.3) is 0 Å². The fraction of sp³-hybridized carbons (Fsp3) is 0.917. The van der Waals surface area contributed by atoms with Gasteiger partial charge in [-0.3, -0.25) is 4.79 Å². The van der Waals surface area contributed by atoms with Crippen LogP contribution in [0.2, 0.25) is 0 Å². The van der Waals surface area contributed by atoms with Crippen LogP contribution >= 0.6 is 0 Å². The minimum Gasteiger partial charge on any atom is -0.340 e. The normalized spacial score (nSPS) is 17.9. The van der Waals surface area contributed by atoms with E-state index in [0.717, 1.165) is 13.0 Å². The number of carbonyl (C=O) groups is 1. The summed E-state index contributed by atoms with van der Waals surface area (Å²) in [6.07, 6.45) is 3.92. The number of carbonyl (C=O) groups excluding carboxylic acids is 1. The molecular formula is C12H24N2O. The van der Waals surface area contributed by atoms with Gasteiger partial charge in [-0.2, -0.15) is 0 Å². The summed E-state index contributed by atoms with van der Waals surface area (Å²) < 4.78 is 0. The van der Waals surface area contributed by atoms with Crippen molar-refractivity contribution in [2.45, 2.75) is 58.5 Å². The van der Waals surface area contributed by atoms with Crippen LogP contribution in [0, 0.1) is 5.92 Å². The topological polar surface area (TPSA) is 46.3 Å². The summed E-state index contributed by atoms with van der Waals surface area (Å²) >= 11 is 0. The van der Waals surface area contributed by atoms with Gasteiger partial charge in [-0.1, -0.05) is 20.8 Å². The molecule has 1 aliphatic rings. The van der Waals surface area contributed by atoms with Gasteiger partial charge in [-0.15, -0.1) is 0 Å². The SMILES string of the molecule is CCCN(C(=O)CC(N)C(C)C)C1CC1. The maximum Gasteiger partial charge on any atom is 0.224 e. The van der Waals surface area contributed by atoms with Gasteiger partial charge in [0.1, 0.15) is 0 Å². The van der Waals surface area contributed by atoms with Crippen molar-refractivity contribution in [1.82, 2.24) is 4.90 Å². The van der Waals surface area contributed by atoms with Gasteiger partial charge < -0.3 is 10.6 Å². The fourth-order valence-electron chi connectivity index (χ4n) is 1.69. The molecule has 1 fully saturated rings. The maximum atomic E-state index is 12.0. The minimum absolute atomic E-state index is 0.00982. The highest BCUT2D eigenvalue weighted by Crippen LogP contribution is 2.27. The molecule has 0 bridgehead atoms. The maximum absolute atomic E-state index is 12.0. The van der Waals surface area contributed by atoms with Gasteiger partial charge in [-0.05, 0) is 25.2 Å². The quantitative estimate of drug-likeness (QED) is 0.729. The molecule has 0 aliphatic heterocycles. The fourth-order valence-corrected chi connectivity index (χ4v) is 1.69. The van der Waals surface area contributed by atoms with Crippen molar-refractivity contribution < 1.29 is 4.79 Å². The molecule has 0 saturated heterocycles. The first kappa shape index (κ1) is 12.5. The van der Waals surface area contributed by atoms with Crippen molar-refractivity contribution in [3.05, 3.63) is 0 Å². The number of amides is 1. The molecule has 0 radical (unpaired) electrons. The smallest absolute Gasteiger partial charge is 0.224 e. The molecule has 1 aliphatic carbocycles. The zero-order valence-electron chi connectivity index (χ0n) is 10.2. The van der Waals surface area contributed by atoms with Crippen molar-refractivity contribution in [3.8, 4) is 0 Å². The zero-order chi connectivity index (χ0) is 11.4. The molecule has 88 valence electrons. The first-order valence-corrected chi connectivity index (χ1v) is 6.11. The third-order valence-electron chi connectivity index (χ3n) is 3.04. The summed E-state index contributed by atoms with van der Waals surface area (Å²) in [5, 5.41) is 0. The lowest BCUT2D eigenvalue weighted by atomic mass is 10.0. The molecule has 0 aromatic heterocycles. The average Bonchev–Trinajstić information content (AvgIpc) is 2.97. The summed E-state index contributed by atoms with van der Waals surface area (Å²) in [7, 11) is 0. The molecule has 1 atom stereocenters. The van der Waals surface area contributed by atoms with Crippen molar-refractivity contribution in [2.75, 3.05) is 6.54 Å². The molecule has 0 heterocycles. The molecule has 0 aromatic carbocycles. The highest BCUT2D eigenvalue weighted by Gasteiger charge is 2.32. The standard InChI is InChI=1S/C12H24N2O/c1-4-7-14(10-5-6-10)12(15)8-11(13)9(2)3/h9-11H,4-8,13H2,1-3H3. The molecule has 1 rings (SSSR count). The second kappa shape index (κ2) is 5.50. The van der Waals surface area contributed by atoms with Gasteiger partial charge in [0.25, 0.3) is 0 Å². The van der Waals surface area contributed by atoms with Crippen LogP contribution in [0.4, 0.5) is 0 Å². The predicted molar refractivity (Wildman–Crippen MR) is 62.5 cm³/mol. The first-order valence-electron chi connectivity index (χ1n) is 6.11. The Labute approximate surface area is 93.0 Å². The lowest BCUT2D eigenvalue weighted by Crippen LogP contribution is -2.39. The van der Waals surface area contributed by atoms with Crippen LogP contribution in [0.1, 0.15) is 46.5 Å². The van der Waals surface area contributed by atoms with Crippen LogP contribution in [-0.2, 0) is 4.79 Å². The number of rotatable bonds is 6. The van der Waals surface area contributed by atoms with Gasteiger partial charge in [0, 0.05) is 25.0 Å². The van der Waals surface area contributed by atoms with Crippen LogP contribution in [0.3, 0.4) is 0 Å². The van der Waals surface area contributed by atoms with Crippen molar-refractivity contribution >= 4 is 5.91 Å². The van der Waals surface area contributed by atoms with Crippen LogP contribution in [0.15, 0.2) is 0 Å². The van der Waals surface area contributed by atoms with Gasteiger partial charge >= 0.3 is 0 Å². The molecule has 2 N–H and O–H groups in total. The van der Waals surface area contributed by atoms with E-state index in [-0.39, 0.29) is 11.9 Å². The van der Waals surface area contributed by atoms with E-state index < -0.39 is 0 Å². The number of nitrogens with two attached hydrogens (primary N) is 1. The van der Waals surface area contributed by atoms with Gasteiger partial charge in [0.05, 0.1) is 0 Å². The molecule has 1 amide bonds.